The monoisotopic (exact) mass is 193 g/mol. The van der Waals surface area contributed by atoms with Crippen LogP contribution in [0, 0.1) is 5.82 Å². The molecule has 0 saturated carbocycles. The van der Waals surface area contributed by atoms with Crippen molar-refractivity contribution < 1.29 is 8.81 Å². The molecule has 0 bridgehead atoms. The second-order valence-electron chi connectivity index (χ2n) is 3.26. The van der Waals surface area contributed by atoms with Crippen LogP contribution >= 0.6 is 0 Å². The fourth-order valence-corrected chi connectivity index (χ4v) is 1.58. The SMILES string of the molecule is NCCCc1c(F)ccc2ccoc12. The standard InChI is InChI=1S/C11H12FNO/c12-10-4-3-8-5-7-14-11(8)9(10)2-1-6-13/h3-5,7H,1-2,6,13H2. The smallest absolute Gasteiger partial charge is 0.139 e. The summed E-state index contributed by atoms with van der Waals surface area (Å²) in [6, 6.07) is 5.03. The van der Waals surface area contributed by atoms with E-state index in [4.69, 9.17) is 10.2 Å². The molecular formula is C11H12FNO. The molecule has 2 nitrogen and oxygen atoms in total. The van der Waals surface area contributed by atoms with Crippen molar-refractivity contribution >= 4 is 11.0 Å². The summed E-state index contributed by atoms with van der Waals surface area (Å²) < 4.78 is 18.7. The van der Waals surface area contributed by atoms with E-state index >= 15 is 0 Å². The van der Waals surface area contributed by atoms with Gasteiger partial charge in [-0.1, -0.05) is 0 Å². The summed E-state index contributed by atoms with van der Waals surface area (Å²) in [7, 11) is 0. The lowest BCUT2D eigenvalue weighted by molar-refractivity contribution is 0.578. The van der Waals surface area contributed by atoms with Crippen molar-refractivity contribution in [1.29, 1.82) is 0 Å². The Morgan fingerprint density at radius 2 is 2.14 bits per heavy atom. The van der Waals surface area contributed by atoms with Crippen LogP contribution in [0.25, 0.3) is 11.0 Å². The number of benzene rings is 1. The minimum atomic E-state index is -0.207. The summed E-state index contributed by atoms with van der Waals surface area (Å²) in [5.74, 6) is -0.207. The highest BCUT2D eigenvalue weighted by atomic mass is 19.1. The first-order valence-electron chi connectivity index (χ1n) is 4.67. The molecule has 1 aromatic heterocycles. The van der Waals surface area contributed by atoms with Gasteiger partial charge in [-0.25, -0.2) is 4.39 Å². The topological polar surface area (TPSA) is 39.2 Å². The number of halogens is 1. The quantitative estimate of drug-likeness (QED) is 0.813. The Balaban J connectivity index is 2.47. The molecule has 0 spiro atoms. The summed E-state index contributed by atoms with van der Waals surface area (Å²) in [5.41, 5.74) is 6.68. The normalized spacial score (nSPS) is 11.0. The molecule has 74 valence electrons. The number of hydrogen-bond acceptors (Lipinski definition) is 2. The van der Waals surface area contributed by atoms with Crippen LogP contribution < -0.4 is 5.73 Å². The van der Waals surface area contributed by atoms with Crippen molar-refractivity contribution in [2.45, 2.75) is 12.8 Å². The van der Waals surface area contributed by atoms with E-state index in [2.05, 4.69) is 0 Å². The van der Waals surface area contributed by atoms with Crippen LogP contribution in [0.15, 0.2) is 28.9 Å². The number of aryl methyl sites for hydroxylation is 1. The van der Waals surface area contributed by atoms with Crippen LogP contribution in [0.2, 0.25) is 0 Å². The molecule has 0 amide bonds. The molecule has 0 atom stereocenters. The van der Waals surface area contributed by atoms with Crippen LogP contribution in [0.4, 0.5) is 4.39 Å². The third-order valence-electron chi connectivity index (χ3n) is 2.30. The highest BCUT2D eigenvalue weighted by Gasteiger charge is 2.09. The lowest BCUT2D eigenvalue weighted by Gasteiger charge is -2.02. The lowest BCUT2D eigenvalue weighted by Crippen LogP contribution is -2.01. The van der Waals surface area contributed by atoms with E-state index in [1.54, 1.807) is 12.3 Å². The summed E-state index contributed by atoms with van der Waals surface area (Å²) in [6.45, 7) is 0.566. The molecule has 0 radical (unpaired) electrons. The van der Waals surface area contributed by atoms with Gasteiger partial charge in [0.25, 0.3) is 0 Å². The average Bonchev–Trinajstić information content (AvgIpc) is 2.64. The first-order valence-corrected chi connectivity index (χ1v) is 4.67. The Bertz CT molecular complexity index is 436. The number of rotatable bonds is 3. The van der Waals surface area contributed by atoms with Crippen molar-refractivity contribution in [3.63, 3.8) is 0 Å². The Kier molecular flexibility index (Phi) is 2.50. The van der Waals surface area contributed by atoms with E-state index in [1.807, 2.05) is 6.07 Å². The first kappa shape index (κ1) is 9.21. The molecule has 2 aromatic rings. The van der Waals surface area contributed by atoms with Crippen molar-refractivity contribution in [1.82, 2.24) is 0 Å². The fourth-order valence-electron chi connectivity index (χ4n) is 1.58. The third-order valence-corrected chi connectivity index (χ3v) is 2.30. The second kappa shape index (κ2) is 3.80. The predicted molar refractivity (Wildman–Crippen MR) is 53.5 cm³/mol. The summed E-state index contributed by atoms with van der Waals surface area (Å²) in [6.07, 6.45) is 2.99. The Hall–Kier alpha value is -1.35. The summed E-state index contributed by atoms with van der Waals surface area (Å²) >= 11 is 0. The molecule has 0 fully saturated rings. The lowest BCUT2D eigenvalue weighted by atomic mass is 10.1. The van der Waals surface area contributed by atoms with Crippen LogP contribution in [0.1, 0.15) is 12.0 Å². The van der Waals surface area contributed by atoms with Gasteiger partial charge in [0, 0.05) is 10.9 Å². The van der Waals surface area contributed by atoms with Crippen LogP contribution in [0.3, 0.4) is 0 Å². The van der Waals surface area contributed by atoms with Gasteiger partial charge < -0.3 is 10.2 Å². The summed E-state index contributed by atoms with van der Waals surface area (Å²) in [5, 5.41) is 0.943. The van der Waals surface area contributed by atoms with E-state index in [1.165, 1.54) is 6.07 Å². The van der Waals surface area contributed by atoms with Crippen LogP contribution in [-0.2, 0) is 6.42 Å². The largest absolute Gasteiger partial charge is 0.464 e. The van der Waals surface area contributed by atoms with Gasteiger partial charge in [-0.05, 0) is 37.6 Å². The fraction of sp³-hybridized carbons (Fsp3) is 0.273. The molecule has 0 aliphatic carbocycles. The Labute approximate surface area is 81.5 Å². The minimum Gasteiger partial charge on any atom is -0.464 e. The van der Waals surface area contributed by atoms with E-state index in [0.717, 1.165) is 11.8 Å². The molecule has 2 N–H and O–H groups in total. The molecule has 0 aliphatic rings. The zero-order valence-electron chi connectivity index (χ0n) is 7.79. The Morgan fingerprint density at radius 1 is 1.29 bits per heavy atom. The zero-order valence-corrected chi connectivity index (χ0v) is 7.79. The van der Waals surface area contributed by atoms with Crippen molar-refractivity contribution in [2.24, 2.45) is 5.73 Å². The van der Waals surface area contributed by atoms with E-state index in [-0.39, 0.29) is 5.82 Å². The molecule has 3 heteroatoms. The Morgan fingerprint density at radius 3 is 2.93 bits per heavy atom. The van der Waals surface area contributed by atoms with Crippen molar-refractivity contribution in [3.8, 4) is 0 Å². The number of nitrogens with two attached hydrogens (primary N) is 1. The van der Waals surface area contributed by atoms with Gasteiger partial charge in [0.1, 0.15) is 11.4 Å². The van der Waals surface area contributed by atoms with Gasteiger partial charge in [0.2, 0.25) is 0 Å². The molecule has 1 heterocycles. The highest BCUT2D eigenvalue weighted by Crippen LogP contribution is 2.23. The first-order chi connectivity index (χ1) is 6.83. The van der Waals surface area contributed by atoms with Gasteiger partial charge in [-0.15, -0.1) is 0 Å². The molecule has 0 unspecified atom stereocenters. The van der Waals surface area contributed by atoms with E-state index in [0.29, 0.717) is 24.1 Å². The zero-order chi connectivity index (χ0) is 9.97. The molecule has 14 heavy (non-hydrogen) atoms. The maximum absolute atomic E-state index is 13.4. The number of fused-ring (bicyclic) bond motifs is 1. The minimum absolute atomic E-state index is 0.207. The molecule has 0 aliphatic heterocycles. The van der Waals surface area contributed by atoms with Gasteiger partial charge in [-0.2, -0.15) is 0 Å². The third kappa shape index (κ3) is 1.51. The number of hydrogen-bond donors (Lipinski definition) is 1. The molecule has 0 saturated heterocycles. The molecule has 1 aromatic carbocycles. The van der Waals surface area contributed by atoms with Gasteiger partial charge in [0.05, 0.1) is 6.26 Å². The predicted octanol–water partition coefficient (Wildman–Crippen LogP) is 2.46. The number of furan rings is 1. The van der Waals surface area contributed by atoms with Crippen molar-refractivity contribution in [3.05, 3.63) is 35.8 Å². The van der Waals surface area contributed by atoms with Gasteiger partial charge in [0.15, 0.2) is 0 Å². The van der Waals surface area contributed by atoms with Gasteiger partial charge >= 0.3 is 0 Å². The molecular weight excluding hydrogens is 181 g/mol. The molecule has 2 rings (SSSR count). The average molecular weight is 193 g/mol. The second-order valence-corrected chi connectivity index (χ2v) is 3.26. The highest BCUT2D eigenvalue weighted by molar-refractivity contribution is 5.80. The van der Waals surface area contributed by atoms with E-state index in [9.17, 15) is 4.39 Å². The maximum Gasteiger partial charge on any atom is 0.139 e. The van der Waals surface area contributed by atoms with E-state index < -0.39 is 0 Å². The van der Waals surface area contributed by atoms with Crippen LogP contribution in [-0.4, -0.2) is 6.54 Å². The van der Waals surface area contributed by atoms with Gasteiger partial charge in [-0.3, -0.25) is 0 Å². The maximum atomic E-state index is 13.4. The van der Waals surface area contributed by atoms with Crippen molar-refractivity contribution in [2.75, 3.05) is 6.54 Å². The summed E-state index contributed by atoms with van der Waals surface area (Å²) in [4.78, 5) is 0. The van der Waals surface area contributed by atoms with Crippen LogP contribution in [0.5, 0.6) is 0 Å².